The summed E-state index contributed by atoms with van der Waals surface area (Å²) in [6, 6.07) is 0. The molecule has 3 rings (SSSR count). The first-order valence-electron chi connectivity index (χ1n) is 12.1. The fraction of sp³-hybridized carbons (Fsp3) is 0.731. The van der Waals surface area contributed by atoms with E-state index in [1.807, 2.05) is 0 Å². The first-order valence-corrected chi connectivity index (χ1v) is 12.1. The van der Waals surface area contributed by atoms with Gasteiger partial charge >= 0.3 is 0 Å². The van der Waals surface area contributed by atoms with Crippen molar-refractivity contribution in [3.8, 4) is 0 Å². The number of carbonyl (C=O) groups excluding carboxylic acids is 3. The van der Waals surface area contributed by atoms with Crippen LogP contribution in [0.1, 0.15) is 66.2 Å². The number of hydrogen-bond acceptors (Lipinski definition) is 7. The summed E-state index contributed by atoms with van der Waals surface area (Å²) in [4.78, 5) is 47.5. The molecule has 1 saturated carbocycles. The number of hydrogen-bond donors (Lipinski definition) is 1. The molecule has 7 atom stereocenters. The fourth-order valence-corrected chi connectivity index (χ4v) is 5.77. The molecular weight excluding hydrogens is 422 g/mol. The number of fused-ring (bicyclic) bond motifs is 1. The van der Waals surface area contributed by atoms with Gasteiger partial charge in [-0.3, -0.25) is 14.4 Å². The average Bonchev–Trinajstić information content (AvgIpc) is 2.75. The summed E-state index contributed by atoms with van der Waals surface area (Å²) in [6.07, 6.45) is 9.90. The molecule has 0 heterocycles. The predicted octanol–water partition coefficient (Wildman–Crippen LogP) is 3.97. The first kappa shape index (κ1) is 25.6. The van der Waals surface area contributed by atoms with Gasteiger partial charge in [0.2, 0.25) is 11.6 Å². The Morgan fingerprint density at radius 1 is 1.18 bits per heavy atom. The summed E-state index contributed by atoms with van der Waals surface area (Å²) in [5.74, 6) is -0.237. The number of rotatable bonds is 9. The van der Waals surface area contributed by atoms with E-state index in [4.69, 9.17) is 4.74 Å². The van der Waals surface area contributed by atoms with E-state index >= 15 is 0 Å². The molecule has 0 spiro atoms. The van der Waals surface area contributed by atoms with Gasteiger partial charge in [0, 0.05) is 18.8 Å². The van der Waals surface area contributed by atoms with Gasteiger partial charge in [0.1, 0.15) is 12.4 Å². The third-order valence-corrected chi connectivity index (χ3v) is 7.55. The van der Waals surface area contributed by atoms with E-state index in [1.54, 1.807) is 0 Å². The van der Waals surface area contributed by atoms with Gasteiger partial charge in [-0.05, 0) is 68.8 Å². The lowest BCUT2D eigenvalue weighted by molar-refractivity contribution is -0.144. The highest BCUT2D eigenvalue weighted by atomic mass is 16.5. The zero-order valence-corrected chi connectivity index (χ0v) is 20.2. The molecule has 3 aliphatic carbocycles. The molecule has 7 nitrogen and oxygen atoms in total. The standard InChI is InChI=1S/C26H37NO6/c1-15-9-18-7-5-16(2)21(8-6-17-11-19(28)13-20(29)12-17)24(18)23(10-15)33-14-22(30)25(31)26(3,4)27-32/h5,7,9,15-17,19,21,23-24,28H,6,8,10-14H2,1-4H3/t15?,16?,17?,19?,21-,23?,24?/m0/s1. The second-order valence-electron chi connectivity index (χ2n) is 10.8. The van der Waals surface area contributed by atoms with Crippen LogP contribution in [-0.4, -0.2) is 46.8 Å². The van der Waals surface area contributed by atoms with Crippen LogP contribution in [0.2, 0.25) is 0 Å². The van der Waals surface area contributed by atoms with Gasteiger partial charge in [0.25, 0.3) is 0 Å². The number of aliphatic hydroxyl groups is 1. The molecule has 6 unspecified atom stereocenters. The smallest absolute Gasteiger partial charge is 0.231 e. The Morgan fingerprint density at radius 3 is 2.58 bits per heavy atom. The van der Waals surface area contributed by atoms with Crippen LogP contribution in [0.15, 0.2) is 29.0 Å². The van der Waals surface area contributed by atoms with Gasteiger partial charge in [-0.15, -0.1) is 4.91 Å². The number of ketones is 3. The van der Waals surface area contributed by atoms with Crippen molar-refractivity contribution in [1.82, 2.24) is 0 Å². The average molecular weight is 460 g/mol. The Kier molecular flexibility index (Phi) is 8.17. The van der Waals surface area contributed by atoms with E-state index in [9.17, 15) is 24.4 Å². The van der Waals surface area contributed by atoms with Crippen molar-refractivity contribution >= 4 is 17.3 Å². The van der Waals surface area contributed by atoms with Crippen molar-refractivity contribution in [2.75, 3.05) is 6.61 Å². The highest BCUT2D eigenvalue weighted by Crippen LogP contribution is 2.45. The second kappa shape index (κ2) is 10.5. The van der Waals surface area contributed by atoms with E-state index in [2.05, 4.69) is 37.3 Å². The molecule has 0 aliphatic heterocycles. The summed E-state index contributed by atoms with van der Waals surface area (Å²) in [6.45, 7) is 6.61. The van der Waals surface area contributed by atoms with Crippen LogP contribution in [0.25, 0.3) is 0 Å². The number of aliphatic hydroxyl groups excluding tert-OH is 1. The maximum atomic E-state index is 12.4. The SMILES string of the molecule is CC1C=C2C=CC(C)[C@H](CCC3CC(=O)CC(O)C3)C2C(OCC(=O)C(=O)C(C)(C)N=O)C1. The molecule has 7 heteroatoms. The molecule has 0 aromatic carbocycles. The first-order chi connectivity index (χ1) is 15.5. The molecule has 3 aliphatic rings. The van der Waals surface area contributed by atoms with E-state index in [0.29, 0.717) is 18.8 Å². The quantitative estimate of drug-likeness (QED) is 0.413. The molecule has 0 bridgehead atoms. The molecule has 0 radical (unpaired) electrons. The van der Waals surface area contributed by atoms with Crippen molar-refractivity contribution in [3.63, 3.8) is 0 Å². The minimum Gasteiger partial charge on any atom is -0.393 e. The number of ether oxygens (including phenoxy) is 1. The topological polar surface area (TPSA) is 110 Å². The number of nitroso groups, excluding NO2 is 1. The third-order valence-electron chi connectivity index (χ3n) is 7.55. The van der Waals surface area contributed by atoms with Gasteiger partial charge in [0.15, 0.2) is 5.54 Å². The Bertz CT molecular complexity index is 844. The number of nitrogens with zero attached hydrogens (tertiary/aromatic N) is 1. The third kappa shape index (κ3) is 6.12. The van der Waals surface area contributed by atoms with E-state index in [1.165, 1.54) is 19.4 Å². The molecule has 0 aromatic rings. The predicted molar refractivity (Wildman–Crippen MR) is 124 cm³/mol. The molecule has 1 fully saturated rings. The van der Waals surface area contributed by atoms with Crippen molar-refractivity contribution in [2.24, 2.45) is 34.8 Å². The van der Waals surface area contributed by atoms with Gasteiger partial charge in [-0.2, -0.15) is 0 Å². The Balaban J connectivity index is 1.71. The van der Waals surface area contributed by atoms with Crippen LogP contribution < -0.4 is 0 Å². The molecule has 33 heavy (non-hydrogen) atoms. The van der Waals surface area contributed by atoms with Gasteiger partial charge in [0.05, 0.1) is 12.2 Å². The lowest BCUT2D eigenvalue weighted by Gasteiger charge is -2.43. The highest BCUT2D eigenvalue weighted by molar-refractivity contribution is 6.41. The zero-order chi connectivity index (χ0) is 24.3. The van der Waals surface area contributed by atoms with Crippen LogP contribution in [0, 0.1) is 34.5 Å². The Morgan fingerprint density at radius 2 is 1.91 bits per heavy atom. The van der Waals surface area contributed by atoms with Crippen molar-refractivity contribution in [3.05, 3.63) is 28.7 Å². The zero-order valence-electron chi connectivity index (χ0n) is 20.2. The monoisotopic (exact) mass is 459 g/mol. The maximum absolute atomic E-state index is 12.4. The van der Waals surface area contributed by atoms with Gasteiger partial charge in [-0.25, -0.2) is 0 Å². The van der Waals surface area contributed by atoms with Crippen molar-refractivity contribution < 1.29 is 24.2 Å². The molecule has 1 N–H and O–H groups in total. The number of carbonyl (C=O) groups is 3. The Labute approximate surface area is 196 Å². The summed E-state index contributed by atoms with van der Waals surface area (Å²) in [7, 11) is 0. The lowest BCUT2D eigenvalue weighted by Crippen LogP contribution is -2.43. The Hall–Kier alpha value is -1.99. The van der Waals surface area contributed by atoms with Crippen LogP contribution >= 0.6 is 0 Å². The summed E-state index contributed by atoms with van der Waals surface area (Å²) in [5, 5.41) is 12.8. The van der Waals surface area contributed by atoms with E-state index in [-0.39, 0.29) is 48.6 Å². The maximum Gasteiger partial charge on any atom is 0.231 e. The summed E-state index contributed by atoms with van der Waals surface area (Å²) >= 11 is 0. The number of Topliss-reactive ketones (excluding diaryl/α,β-unsaturated/α-hetero) is 3. The van der Waals surface area contributed by atoms with E-state index in [0.717, 1.165) is 19.3 Å². The van der Waals surface area contributed by atoms with E-state index < -0.39 is 23.2 Å². The van der Waals surface area contributed by atoms with Gasteiger partial charge < -0.3 is 9.84 Å². The molecule has 0 amide bonds. The molecule has 0 saturated heterocycles. The normalized spacial score (nSPS) is 34.4. The minimum absolute atomic E-state index is 0.102. The second-order valence-corrected chi connectivity index (χ2v) is 10.8. The molecule has 0 aromatic heterocycles. The summed E-state index contributed by atoms with van der Waals surface area (Å²) in [5.41, 5.74) is -0.381. The van der Waals surface area contributed by atoms with Crippen LogP contribution in [0.5, 0.6) is 0 Å². The van der Waals surface area contributed by atoms with Crippen LogP contribution in [0.3, 0.4) is 0 Å². The van der Waals surface area contributed by atoms with Crippen LogP contribution in [-0.2, 0) is 19.1 Å². The molecule has 182 valence electrons. The molecular formula is C26H37NO6. The number of allylic oxidation sites excluding steroid dienone is 3. The van der Waals surface area contributed by atoms with Gasteiger partial charge in [-0.1, -0.05) is 37.3 Å². The van der Waals surface area contributed by atoms with Crippen molar-refractivity contribution in [1.29, 1.82) is 0 Å². The largest absolute Gasteiger partial charge is 0.393 e. The lowest BCUT2D eigenvalue weighted by atomic mass is 9.64. The van der Waals surface area contributed by atoms with Crippen LogP contribution in [0.4, 0.5) is 0 Å². The highest BCUT2D eigenvalue weighted by Gasteiger charge is 2.41. The minimum atomic E-state index is -1.59. The summed E-state index contributed by atoms with van der Waals surface area (Å²) < 4.78 is 6.07. The van der Waals surface area contributed by atoms with Crippen molar-refractivity contribution in [2.45, 2.75) is 84.0 Å². The fourth-order valence-electron chi connectivity index (χ4n) is 5.77.